The number of nitrogens with zero attached hydrogens (tertiary/aromatic N) is 1. The van der Waals surface area contributed by atoms with E-state index < -0.39 is 12.0 Å². The molecule has 80 valence electrons. The number of nitrogens with one attached hydrogen (secondary N) is 1. The fraction of sp³-hybridized carbons (Fsp3) is 0.778. The lowest BCUT2D eigenvalue weighted by Gasteiger charge is -2.15. The molecule has 0 aromatic carbocycles. The lowest BCUT2D eigenvalue weighted by Crippen LogP contribution is -2.45. The number of carbonyl (C=O) groups is 2. The Balaban J connectivity index is 2.39. The second kappa shape index (κ2) is 4.41. The highest BCUT2D eigenvalue weighted by atomic mass is 16.4. The van der Waals surface area contributed by atoms with Gasteiger partial charge < -0.3 is 15.3 Å². The summed E-state index contributed by atoms with van der Waals surface area (Å²) in [6, 6.07) is -0.692. The molecule has 1 atom stereocenters. The molecule has 0 radical (unpaired) electrons. The summed E-state index contributed by atoms with van der Waals surface area (Å²) in [5.41, 5.74) is 0. The van der Waals surface area contributed by atoms with Gasteiger partial charge in [-0.15, -0.1) is 0 Å². The standard InChI is InChI=1S/C9H16N2O3/c1-11(2)5-7(12)10-8(9(13)14)6-3-4-6/h6,8H,3-5H2,1-2H3,(H,10,12)(H,13,14). The van der Waals surface area contributed by atoms with Crippen LogP contribution in [0.5, 0.6) is 0 Å². The van der Waals surface area contributed by atoms with E-state index in [9.17, 15) is 9.59 Å². The quantitative estimate of drug-likeness (QED) is 0.629. The third kappa shape index (κ3) is 3.33. The summed E-state index contributed by atoms with van der Waals surface area (Å²) in [6.45, 7) is 0.233. The van der Waals surface area contributed by atoms with Gasteiger partial charge in [0, 0.05) is 0 Å². The van der Waals surface area contributed by atoms with Crippen molar-refractivity contribution in [3.63, 3.8) is 0 Å². The van der Waals surface area contributed by atoms with Crippen molar-refractivity contribution in [2.75, 3.05) is 20.6 Å². The zero-order chi connectivity index (χ0) is 10.7. The van der Waals surface area contributed by atoms with Gasteiger partial charge in [0.15, 0.2) is 0 Å². The minimum absolute atomic E-state index is 0.138. The molecule has 1 amide bonds. The van der Waals surface area contributed by atoms with E-state index in [1.807, 2.05) is 0 Å². The van der Waals surface area contributed by atoms with Crippen LogP contribution in [-0.4, -0.2) is 48.6 Å². The highest BCUT2D eigenvalue weighted by Gasteiger charge is 2.37. The fourth-order valence-corrected chi connectivity index (χ4v) is 1.32. The molecule has 0 heterocycles. The summed E-state index contributed by atoms with van der Waals surface area (Å²) < 4.78 is 0. The van der Waals surface area contributed by atoms with E-state index in [0.717, 1.165) is 12.8 Å². The molecule has 5 heteroatoms. The topological polar surface area (TPSA) is 69.6 Å². The predicted octanol–water partition coefficient (Wildman–Crippen LogP) is -0.473. The van der Waals surface area contributed by atoms with Crippen molar-refractivity contribution in [2.45, 2.75) is 18.9 Å². The Morgan fingerprint density at radius 1 is 1.50 bits per heavy atom. The SMILES string of the molecule is CN(C)CC(=O)NC(C(=O)O)C1CC1. The molecule has 0 spiro atoms. The Kier molecular flexibility index (Phi) is 3.46. The highest BCUT2D eigenvalue weighted by molar-refractivity contribution is 5.85. The van der Waals surface area contributed by atoms with Gasteiger partial charge in [0.2, 0.25) is 5.91 Å². The summed E-state index contributed by atoms with van der Waals surface area (Å²) in [7, 11) is 3.54. The Morgan fingerprint density at radius 2 is 2.07 bits per heavy atom. The predicted molar refractivity (Wildman–Crippen MR) is 50.8 cm³/mol. The molecule has 1 rings (SSSR count). The van der Waals surface area contributed by atoms with Gasteiger partial charge in [0.1, 0.15) is 6.04 Å². The van der Waals surface area contributed by atoms with Crippen LogP contribution < -0.4 is 5.32 Å². The Labute approximate surface area is 83.1 Å². The van der Waals surface area contributed by atoms with Gasteiger partial charge in [-0.1, -0.05) is 0 Å². The third-order valence-corrected chi connectivity index (χ3v) is 2.14. The first-order chi connectivity index (χ1) is 6.50. The molecular weight excluding hydrogens is 184 g/mol. The Hall–Kier alpha value is -1.10. The van der Waals surface area contributed by atoms with E-state index in [-0.39, 0.29) is 18.4 Å². The first kappa shape index (κ1) is 11.0. The first-order valence-electron chi connectivity index (χ1n) is 4.67. The summed E-state index contributed by atoms with van der Waals surface area (Å²) in [5.74, 6) is -1.02. The van der Waals surface area contributed by atoms with Crippen LogP contribution in [0.4, 0.5) is 0 Å². The lowest BCUT2D eigenvalue weighted by molar-refractivity contribution is -0.142. The molecule has 0 aromatic rings. The van der Waals surface area contributed by atoms with Crippen LogP contribution in [0.25, 0.3) is 0 Å². The maximum Gasteiger partial charge on any atom is 0.326 e. The molecule has 0 saturated heterocycles. The molecular formula is C9H16N2O3. The number of amides is 1. The zero-order valence-electron chi connectivity index (χ0n) is 8.49. The molecule has 1 aliphatic rings. The molecule has 0 bridgehead atoms. The maximum absolute atomic E-state index is 11.3. The Bertz CT molecular complexity index is 236. The number of carboxylic acid groups (broad SMARTS) is 1. The summed E-state index contributed by atoms with van der Waals surface area (Å²) in [6.07, 6.45) is 1.80. The average molecular weight is 200 g/mol. The number of rotatable bonds is 5. The minimum atomic E-state index is -0.931. The first-order valence-corrected chi connectivity index (χ1v) is 4.67. The van der Waals surface area contributed by atoms with E-state index in [4.69, 9.17) is 5.11 Å². The van der Waals surface area contributed by atoms with Gasteiger partial charge in [0.25, 0.3) is 0 Å². The number of carboxylic acids is 1. The van der Waals surface area contributed by atoms with E-state index >= 15 is 0 Å². The number of aliphatic carboxylic acids is 1. The molecule has 0 aromatic heterocycles. The Morgan fingerprint density at radius 3 is 2.43 bits per heavy atom. The van der Waals surface area contributed by atoms with Crippen LogP contribution in [0, 0.1) is 5.92 Å². The van der Waals surface area contributed by atoms with Gasteiger partial charge in [-0.25, -0.2) is 4.79 Å². The van der Waals surface area contributed by atoms with Crippen molar-refractivity contribution in [2.24, 2.45) is 5.92 Å². The number of hydrogen-bond donors (Lipinski definition) is 2. The summed E-state index contributed by atoms with van der Waals surface area (Å²) >= 11 is 0. The van der Waals surface area contributed by atoms with Gasteiger partial charge in [-0.05, 0) is 32.9 Å². The summed E-state index contributed by atoms with van der Waals surface area (Å²) in [5, 5.41) is 11.4. The number of carbonyl (C=O) groups excluding carboxylic acids is 1. The van der Waals surface area contributed by atoms with Crippen LogP contribution in [0.2, 0.25) is 0 Å². The molecule has 1 saturated carbocycles. The molecule has 5 nitrogen and oxygen atoms in total. The van der Waals surface area contributed by atoms with Crippen molar-refractivity contribution in [3.8, 4) is 0 Å². The normalized spacial score (nSPS) is 17.9. The van der Waals surface area contributed by atoms with E-state index in [1.54, 1.807) is 19.0 Å². The minimum Gasteiger partial charge on any atom is -0.480 e. The van der Waals surface area contributed by atoms with Crippen LogP contribution in [0.1, 0.15) is 12.8 Å². The van der Waals surface area contributed by atoms with E-state index in [2.05, 4.69) is 5.32 Å². The molecule has 1 unspecified atom stereocenters. The summed E-state index contributed by atoms with van der Waals surface area (Å²) in [4.78, 5) is 23.8. The maximum atomic E-state index is 11.3. The molecule has 1 fully saturated rings. The average Bonchev–Trinajstić information content (AvgIpc) is 2.80. The van der Waals surface area contributed by atoms with Crippen LogP contribution in [0.15, 0.2) is 0 Å². The molecule has 14 heavy (non-hydrogen) atoms. The second-order valence-electron chi connectivity index (χ2n) is 3.96. The van der Waals surface area contributed by atoms with E-state index in [0.29, 0.717) is 0 Å². The smallest absolute Gasteiger partial charge is 0.326 e. The van der Waals surface area contributed by atoms with Gasteiger partial charge in [-0.3, -0.25) is 4.79 Å². The highest BCUT2D eigenvalue weighted by Crippen LogP contribution is 2.32. The molecule has 2 N–H and O–H groups in total. The van der Waals surface area contributed by atoms with Crippen molar-refractivity contribution in [1.29, 1.82) is 0 Å². The van der Waals surface area contributed by atoms with Crippen LogP contribution in [-0.2, 0) is 9.59 Å². The van der Waals surface area contributed by atoms with Crippen molar-refractivity contribution >= 4 is 11.9 Å². The number of likely N-dealkylation sites (N-methyl/N-ethyl adjacent to an activating group) is 1. The third-order valence-electron chi connectivity index (χ3n) is 2.14. The number of hydrogen-bond acceptors (Lipinski definition) is 3. The fourth-order valence-electron chi connectivity index (χ4n) is 1.32. The van der Waals surface area contributed by atoms with Gasteiger partial charge in [-0.2, -0.15) is 0 Å². The van der Waals surface area contributed by atoms with Crippen LogP contribution >= 0.6 is 0 Å². The van der Waals surface area contributed by atoms with Crippen molar-refractivity contribution in [3.05, 3.63) is 0 Å². The van der Waals surface area contributed by atoms with E-state index in [1.165, 1.54) is 0 Å². The molecule has 0 aliphatic heterocycles. The largest absolute Gasteiger partial charge is 0.480 e. The molecule has 1 aliphatic carbocycles. The van der Waals surface area contributed by atoms with Crippen LogP contribution in [0.3, 0.4) is 0 Å². The monoisotopic (exact) mass is 200 g/mol. The lowest BCUT2D eigenvalue weighted by atomic mass is 10.2. The second-order valence-corrected chi connectivity index (χ2v) is 3.96. The zero-order valence-corrected chi connectivity index (χ0v) is 8.49. The van der Waals surface area contributed by atoms with Crippen molar-refractivity contribution < 1.29 is 14.7 Å². The van der Waals surface area contributed by atoms with Gasteiger partial charge >= 0.3 is 5.97 Å². The van der Waals surface area contributed by atoms with Gasteiger partial charge in [0.05, 0.1) is 6.54 Å². The van der Waals surface area contributed by atoms with Crippen molar-refractivity contribution in [1.82, 2.24) is 10.2 Å².